The summed E-state index contributed by atoms with van der Waals surface area (Å²) in [4.78, 5) is 0. The van der Waals surface area contributed by atoms with Crippen molar-refractivity contribution in [2.75, 3.05) is 6.00 Å². The molecule has 1 N–H and O–H groups in total. The lowest BCUT2D eigenvalue weighted by molar-refractivity contribution is 1.03. The van der Waals surface area contributed by atoms with E-state index in [1.54, 1.807) is 0 Å². The second kappa shape index (κ2) is 5.83. The highest BCUT2D eigenvalue weighted by Gasteiger charge is 1.64. The SMILES string of the molecule is CC/C=C\NCCl. The average Bonchev–Trinajstić information content (AvgIpc) is 1.69. The molecule has 0 aromatic heterocycles. The van der Waals surface area contributed by atoms with Gasteiger partial charge in [0.05, 0.1) is 6.00 Å². The second-order valence-corrected chi connectivity index (χ2v) is 1.42. The van der Waals surface area contributed by atoms with Crippen LogP contribution in [-0.2, 0) is 0 Å². The van der Waals surface area contributed by atoms with Crippen LogP contribution in [0.15, 0.2) is 12.3 Å². The molecule has 0 aliphatic heterocycles. The van der Waals surface area contributed by atoms with Crippen LogP contribution >= 0.6 is 11.6 Å². The summed E-state index contributed by atoms with van der Waals surface area (Å²) < 4.78 is 0. The highest BCUT2D eigenvalue weighted by atomic mass is 35.5. The van der Waals surface area contributed by atoms with E-state index in [0.717, 1.165) is 6.42 Å². The molecule has 0 heterocycles. The van der Waals surface area contributed by atoms with Crippen LogP contribution in [0.2, 0.25) is 0 Å². The van der Waals surface area contributed by atoms with Crippen molar-refractivity contribution in [1.29, 1.82) is 0 Å². The van der Waals surface area contributed by atoms with Crippen LogP contribution in [0.1, 0.15) is 13.3 Å². The Morgan fingerprint density at radius 1 is 1.71 bits per heavy atom. The Bertz CT molecular complexity index is 52.0. The predicted molar refractivity (Wildman–Crippen MR) is 33.3 cm³/mol. The number of hydrogen-bond donors (Lipinski definition) is 1. The van der Waals surface area contributed by atoms with Gasteiger partial charge in [-0.25, -0.2) is 0 Å². The van der Waals surface area contributed by atoms with Gasteiger partial charge >= 0.3 is 0 Å². The molecule has 0 aromatic rings. The molecule has 1 nitrogen and oxygen atoms in total. The standard InChI is InChI=1S/C5H10ClN/c1-2-3-4-7-5-6/h3-4,7H,2,5H2,1H3/b4-3-. The fourth-order valence-electron chi connectivity index (χ4n) is 0.246. The summed E-state index contributed by atoms with van der Waals surface area (Å²) in [6, 6.07) is 0.497. The minimum Gasteiger partial charge on any atom is -0.378 e. The van der Waals surface area contributed by atoms with E-state index in [9.17, 15) is 0 Å². The van der Waals surface area contributed by atoms with E-state index in [4.69, 9.17) is 11.6 Å². The van der Waals surface area contributed by atoms with Crippen LogP contribution in [0.3, 0.4) is 0 Å². The molecule has 0 aliphatic rings. The fraction of sp³-hybridized carbons (Fsp3) is 0.600. The highest BCUT2D eigenvalue weighted by Crippen LogP contribution is 1.75. The van der Waals surface area contributed by atoms with Crippen molar-refractivity contribution < 1.29 is 0 Å². The van der Waals surface area contributed by atoms with Crippen LogP contribution in [0.25, 0.3) is 0 Å². The maximum absolute atomic E-state index is 5.27. The largest absolute Gasteiger partial charge is 0.378 e. The van der Waals surface area contributed by atoms with Crippen molar-refractivity contribution in [3.8, 4) is 0 Å². The van der Waals surface area contributed by atoms with Crippen molar-refractivity contribution >= 4 is 11.6 Å². The summed E-state index contributed by atoms with van der Waals surface area (Å²) >= 11 is 5.27. The Balaban J connectivity index is 2.78. The molecule has 0 aliphatic carbocycles. The average molecular weight is 120 g/mol. The maximum atomic E-state index is 5.27. The number of rotatable bonds is 3. The third kappa shape index (κ3) is 5.83. The molecule has 0 rings (SSSR count). The summed E-state index contributed by atoms with van der Waals surface area (Å²) in [6.45, 7) is 2.08. The zero-order valence-electron chi connectivity index (χ0n) is 4.45. The Hall–Kier alpha value is -0.170. The van der Waals surface area contributed by atoms with Gasteiger partial charge in [-0.1, -0.05) is 13.0 Å². The second-order valence-electron chi connectivity index (χ2n) is 1.15. The van der Waals surface area contributed by atoms with Gasteiger partial charge < -0.3 is 5.32 Å². The third-order valence-electron chi connectivity index (χ3n) is 0.549. The van der Waals surface area contributed by atoms with Crippen molar-refractivity contribution in [3.05, 3.63) is 12.3 Å². The summed E-state index contributed by atoms with van der Waals surface area (Å²) in [5.41, 5.74) is 0. The summed E-state index contributed by atoms with van der Waals surface area (Å²) in [5, 5.41) is 2.83. The first kappa shape index (κ1) is 6.83. The summed E-state index contributed by atoms with van der Waals surface area (Å²) in [7, 11) is 0. The Kier molecular flexibility index (Phi) is 5.69. The fourth-order valence-corrected chi connectivity index (χ4v) is 0.335. The van der Waals surface area contributed by atoms with Crippen molar-refractivity contribution in [2.24, 2.45) is 0 Å². The monoisotopic (exact) mass is 119 g/mol. The van der Waals surface area contributed by atoms with E-state index in [0.29, 0.717) is 6.00 Å². The molecule has 0 radical (unpaired) electrons. The van der Waals surface area contributed by atoms with Gasteiger partial charge in [-0.3, -0.25) is 0 Å². The molecule has 2 heteroatoms. The van der Waals surface area contributed by atoms with Crippen LogP contribution < -0.4 is 5.32 Å². The quantitative estimate of drug-likeness (QED) is 0.441. The zero-order valence-corrected chi connectivity index (χ0v) is 5.20. The molecule has 0 unspecified atom stereocenters. The first-order valence-electron chi connectivity index (χ1n) is 2.36. The summed E-state index contributed by atoms with van der Waals surface area (Å²) in [6.07, 6.45) is 4.93. The molecule has 0 atom stereocenters. The predicted octanol–water partition coefficient (Wildman–Crippen LogP) is 1.70. The minimum atomic E-state index is 0.497. The molecule has 0 amide bonds. The van der Waals surface area contributed by atoms with Gasteiger partial charge in [0, 0.05) is 0 Å². The molecule has 0 bridgehead atoms. The lowest BCUT2D eigenvalue weighted by atomic mass is 10.5. The van der Waals surface area contributed by atoms with Gasteiger partial charge in [0.2, 0.25) is 0 Å². The molecule has 0 saturated heterocycles. The number of allylic oxidation sites excluding steroid dienone is 1. The minimum absolute atomic E-state index is 0.497. The Morgan fingerprint density at radius 3 is 2.86 bits per heavy atom. The molecule has 0 fully saturated rings. The van der Waals surface area contributed by atoms with E-state index in [-0.39, 0.29) is 0 Å². The third-order valence-corrected chi connectivity index (χ3v) is 0.703. The van der Waals surface area contributed by atoms with Crippen LogP contribution in [0.5, 0.6) is 0 Å². The highest BCUT2D eigenvalue weighted by molar-refractivity contribution is 6.17. The van der Waals surface area contributed by atoms with Crippen LogP contribution in [-0.4, -0.2) is 6.00 Å². The molecular weight excluding hydrogens is 110 g/mol. The van der Waals surface area contributed by atoms with Gasteiger partial charge in [-0.15, -0.1) is 11.6 Å². The lowest BCUT2D eigenvalue weighted by Gasteiger charge is -1.85. The van der Waals surface area contributed by atoms with Crippen molar-refractivity contribution in [1.82, 2.24) is 5.32 Å². The first-order chi connectivity index (χ1) is 3.41. The van der Waals surface area contributed by atoms with Gasteiger partial charge in [-0.2, -0.15) is 0 Å². The van der Waals surface area contributed by atoms with Gasteiger partial charge in [0.1, 0.15) is 0 Å². The van der Waals surface area contributed by atoms with Crippen molar-refractivity contribution in [2.45, 2.75) is 13.3 Å². The van der Waals surface area contributed by atoms with E-state index >= 15 is 0 Å². The Morgan fingerprint density at radius 2 is 2.43 bits per heavy atom. The first-order valence-corrected chi connectivity index (χ1v) is 2.89. The van der Waals surface area contributed by atoms with Gasteiger partial charge in [0.15, 0.2) is 0 Å². The number of alkyl halides is 1. The number of nitrogens with one attached hydrogen (secondary N) is 1. The molecular formula is C5H10ClN. The number of hydrogen-bond acceptors (Lipinski definition) is 1. The molecule has 42 valence electrons. The zero-order chi connectivity index (χ0) is 5.54. The van der Waals surface area contributed by atoms with Crippen LogP contribution in [0, 0.1) is 0 Å². The van der Waals surface area contributed by atoms with Gasteiger partial charge in [-0.05, 0) is 12.6 Å². The smallest absolute Gasteiger partial charge is 0.0897 e. The molecule has 0 aromatic carbocycles. The van der Waals surface area contributed by atoms with Crippen molar-refractivity contribution in [3.63, 3.8) is 0 Å². The van der Waals surface area contributed by atoms with E-state index in [2.05, 4.69) is 12.2 Å². The van der Waals surface area contributed by atoms with Crippen LogP contribution in [0.4, 0.5) is 0 Å². The molecule has 0 spiro atoms. The Labute approximate surface area is 49.4 Å². The van der Waals surface area contributed by atoms with Gasteiger partial charge in [0.25, 0.3) is 0 Å². The van der Waals surface area contributed by atoms with E-state index < -0.39 is 0 Å². The topological polar surface area (TPSA) is 12.0 Å². The molecule has 0 saturated carbocycles. The van der Waals surface area contributed by atoms with E-state index in [1.807, 2.05) is 12.3 Å². The lowest BCUT2D eigenvalue weighted by Crippen LogP contribution is -1.98. The maximum Gasteiger partial charge on any atom is 0.0897 e. The van der Waals surface area contributed by atoms with E-state index in [1.165, 1.54) is 0 Å². The number of halogens is 1. The normalized spacial score (nSPS) is 10.0. The molecule has 7 heavy (non-hydrogen) atoms. The summed E-state index contributed by atoms with van der Waals surface area (Å²) in [5.74, 6) is 0.